The first-order valence-electron chi connectivity index (χ1n) is 6.09. The third-order valence-corrected chi connectivity index (χ3v) is 4.09. The zero-order chi connectivity index (χ0) is 15.7. The fourth-order valence-electron chi connectivity index (χ4n) is 1.46. The molecule has 0 aliphatic rings. The van der Waals surface area contributed by atoms with E-state index in [4.69, 9.17) is 0 Å². The van der Waals surface area contributed by atoms with Crippen molar-refractivity contribution in [1.29, 1.82) is 0 Å². The number of halogens is 3. The van der Waals surface area contributed by atoms with Crippen molar-refractivity contribution >= 4 is 16.7 Å². The molecular formula is C14H18F3NOS. The Balaban J connectivity index is 3.29. The van der Waals surface area contributed by atoms with Crippen LogP contribution in [0, 0.1) is 5.82 Å². The van der Waals surface area contributed by atoms with E-state index in [9.17, 15) is 17.4 Å². The Morgan fingerprint density at radius 3 is 2.20 bits per heavy atom. The summed E-state index contributed by atoms with van der Waals surface area (Å²) in [4.78, 5) is 0. The van der Waals surface area contributed by atoms with Gasteiger partial charge >= 0.3 is 0 Å². The van der Waals surface area contributed by atoms with Gasteiger partial charge in [-0.15, -0.1) is 0 Å². The predicted octanol–water partition coefficient (Wildman–Crippen LogP) is 4.21. The van der Waals surface area contributed by atoms with Crippen LogP contribution in [0.3, 0.4) is 0 Å². The Bertz CT molecular complexity index is 557. The maximum atomic E-state index is 14.1. The highest BCUT2D eigenvalue weighted by Gasteiger charge is 2.30. The monoisotopic (exact) mass is 305 g/mol. The zero-order valence-corrected chi connectivity index (χ0v) is 12.9. The Morgan fingerprint density at radius 2 is 1.75 bits per heavy atom. The van der Waals surface area contributed by atoms with Crippen LogP contribution in [0.15, 0.2) is 22.6 Å². The fourth-order valence-corrected chi connectivity index (χ4v) is 2.08. The summed E-state index contributed by atoms with van der Waals surface area (Å²) in [5.41, 5.74) is -0.602. The Morgan fingerprint density at radius 1 is 1.20 bits per heavy atom. The maximum absolute atomic E-state index is 14.1. The zero-order valence-electron chi connectivity index (χ0n) is 12.1. The van der Waals surface area contributed by atoms with Crippen molar-refractivity contribution in [3.05, 3.63) is 35.1 Å². The molecule has 0 saturated carbocycles. The number of benzene rings is 1. The summed E-state index contributed by atoms with van der Waals surface area (Å²) in [5.74, 6) is -4.30. The van der Waals surface area contributed by atoms with E-state index >= 15 is 0 Å². The van der Waals surface area contributed by atoms with Crippen molar-refractivity contribution < 1.29 is 17.4 Å². The van der Waals surface area contributed by atoms with Crippen molar-refractivity contribution in [1.82, 2.24) is 0 Å². The number of hydrogen-bond donors (Lipinski definition) is 0. The normalized spacial score (nSPS) is 15.3. The summed E-state index contributed by atoms with van der Waals surface area (Å²) < 4.78 is 55.9. The molecule has 0 aliphatic carbocycles. The van der Waals surface area contributed by atoms with Crippen LogP contribution in [0.4, 0.5) is 13.2 Å². The summed E-state index contributed by atoms with van der Waals surface area (Å²) in [6.07, 6.45) is 0. The van der Waals surface area contributed by atoms with Gasteiger partial charge in [-0.05, 0) is 27.7 Å². The van der Waals surface area contributed by atoms with E-state index in [-0.39, 0.29) is 11.3 Å². The molecule has 112 valence electrons. The molecule has 1 atom stereocenters. The molecule has 0 saturated heterocycles. The average molecular weight is 305 g/mol. The molecule has 0 fully saturated rings. The Kier molecular flexibility index (Phi) is 4.79. The van der Waals surface area contributed by atoms with E-state index in [1.807, 2.05) is 0 Å². The summed E-state index contributed by atoms with van der Waals surface area (Å²) in [6, 6.07) is 3.72. The van der Waals surface area contributed by atoms with Gasteiger partial charge in [0, 0.05) is 12.5 Å². The molecule has 0 unspecified atom stereocenters. The van der Waals surface area contributed by atoms with E-state index in [2.05, 4.69) is 4.40 Å². The molecule has 0 heterocycles. The van der Waals surface area contributed by atoms with Gasteiger partial charge in [-0.25, -0.2) is 17.4 Å². The van der Waals surface area contributed by atoms with Crippen LogP contribution in [-0.2, 0) is 16.9 Å². The average Bonchev–Trinajstić information content (AvgIpc) is 2.26. The lowest BCUT2D eigenvalue weighted by Crippen LogP contribution is -2.21. The highest BCUT2D eigenvalue weighted by atomic mass is 32.2. The first kappa shape index (κ1) is 16.9. The van der Waals surface area contributed by atoms with Crippen LogP contribution >= 0.6 is 0 Å². The van der Waals surface area contributed by atoms with Crippen molar-refractivity contribution in [2.45, 2.75) is 45.3 Å². The van der Waals surface area contributed by atoms with E-state index in [1.54, 1.807) is 20.8 Å². The van der Waals surface area contributed by atoms with Crippen molar-refractivity contribution in [2.24, 2.45) is 4.40 Å². The third-order valence-electron chi connectivity index (χ3n) is 2.61. The molecule has 1 rings (SSSR count). The van der Waals surface area contributed by atoms with Crippen molar-refractivity contribution in [3.63, 3.8) is 0 Å². The molecule has 6 heteroatoms. The molecule has 0 aromatic heterocycles. The van der Waals surface area contributed by atoms with Gasteiger partial charge in [-0.3, -0.25) is 0 Å². The molecule has 0 N–H and O–H groups in total. The largest absolute Gasteiger partial charge is 0.273 e. The molecule has 0 amide bonds. The minimum atomic E-state index is -3.27. The molecule has 2 nitrogen and oxygen atoms in total. The lowest BCUT2D eigenvalue weighted by molar-refractivity contribution is 0.0137. The quantitative estimate of drug-likeness (QED) is 0.769. The lowest BCUT2D eigenvalue weighted by Gasteiger charge is -2.16. The smallest absolute Gasteiger partial charge is 0.234 e. The summed E-state index contributed by atoms with van der Waals surface area (Å²) >= 11 is 0. The molecule has 0 bridgehead atoms. The topological polar surface area (TPSA) is 29.4 Å². The first-order valence-corrected chi connectivity index (χ1v) is 7.19. The van der Waals surface area contributed by atoms with Crippen LogP contribution in [0.1, 0.15) is 45.7 Å². The van der Waals surface area contributed by atoms with Crippen LogP contribution in [-0.4, -0.2) is 14.7 Å². The summed E-state index contributed by atoms with van der Waals surface area (Å²) in [5, 5.41) is 0. The molecule has 1 aromatic carbocycles. The van der Waals surface area contributed by atoms with Gasteiger partial charge in [0.1, 0.15) is 16.8 Å². The molecule has 1 aromatic rings. The number of alkyl halides is 2. The van der Waals surface area contributed by atoms with Gasteiger partial charge < -0.3 is 0 Å². The number of hydrogen-bond acceptors (Lipinski definition) is 1. The van der Waals surface area contributed by atoms with Crippen molar-refractivity contribution in [3.8, 4) is 0 Å². The van der Waals surface area contributed by atoms with E-state index in [0.29, 0.717) is 6.92 Å². The van der Waals surface area contributed by atoms with E-state index < -0.39 is 33.0 Å². The SMILES string of the molecule is C/C(=N\[S@](=O)C(C)(C)C)c1cccc(C(C)(F)F)c1F. The molecule has 20 heavy (non-hydrogen) atoms. The molecule has 0 spiro atoms. The van der Waals surface area contributed by atoms with Gasteiger partial charge in [-0.2, -0.15) is 4.40 Å². The van der Waals surface area contributed by atoms with Crippen LogP contribution in [0.25, 0.3) is 0 Å². The molecule has 0 aliphatic heterocycles. The summed E-state index contributed by atoms with van der Waals surface area (Å²) in [6.45, 7) is 7.28. The standard InChI is InChI=1S/C14H18F3NOS/c1-9(18-20(19)13(2,3)4)10-7-6-8-11(12(10)15)14(5,16)17/h6-8H,1-5H3/b18-9+/t20-/m1/s1. The second kappa shape index (κ2) is 5.68. The van der Waals surface area contributed by atoms with Crippen LogP contribution < -0.4 is 0 Å². The van der Waals surface area contributed by atoms with Gasteiger partial charge in [0.2, 0.25) is 0 Å². The van der Waals surface area contributed by atoms with Crippen molar-refractivity contribution in [2.75, 3.05) is 0 Å². The molecular weight excluding hydrogens is 287 g/mol. The second-order valence-electron chi connectivity index (χ2n) is 5.59. The van der Waals surface area contributed by atoms with Crippen LogP contribution in [0.2, 0.25) is 0 Å². The van der Waals surface area contributed by atoms with Crippen LogP contribution in [0.5, 0.6) is 0 Å². The highest BCUT2D eigenvalue weighted by molar-refractivity contribution is 7.85. The number of nitrogens with zero attached hydrogens (tertiary/aromatic N) is 1. The third kappa shape index (κ3) is 3.91. The van der Waals surface area contributed by atoms with Gasteiger partial charge in [0.25, 0.3) is 5.92 Å². The second-order valence-corrected chi connectivity index (χ2v) is 7.50. The minimum Gasteiger partial charge on any atom is -0.234 e. The minimum absolute atomic E-state index is 0.0541. The predicted molar refractivity (Wildman–Crippen MR) is 76.1 cm³/mol. The van der Waals surface area contributed by atoms with E-state index in [1.165, 1.54) is 19.1 Å². The Labute approximate surface area is 119 Å². The molecule has 0 radical (unpaired) electrons. The number of rotatable bonds is 3. The first-order chi connectivity index (χ1) is 8.94. The van der Waals surface area contributed by atoms with Gasteiger partial charge in [0.05, 0.1) is 16.0 Å². The van der Waals surface area contributed by atoms with E-state index in [0.717, 1.165) is 6.07 Å². The highest BCUT2D eigenvalue weighted by Crippen LogP contribution is 2.30. The summed E-state index contributed by atoms with van der Waals surface area (Å²) in [7, 11) is -1.57. The lowest BCUT2D eigenvalue weighted by atomic mass is 10.0. The Hall–Kier alpha value is -1.17. The maximum Gasteiger partial charge on any atom is 0.273 e. The van der Waals surface area contributed by atoms with Gasteiger partial charge in [0.15, 0.2) is 0 Å². The fraction of sp³-hybridized carbons (Fsp3) is 0.500. The van der Waals surface area contributed by atoms with Gasteiger partial charge in [-0.1, -0.05) is 18.2 Å².